The molecule has 0 aliphatic rings. The molecule has 0 unspecified atom stereocenters. The van der Waals surface area contributed by atoms with Crippen LogP contribution in [-0.4, -0.2) is 24.1 Å². The number of rotatable bonds is 6. The number of ether oxygens (including phenoxy) is 1. The Bertz CT molecular complexity index is 579. The van der Waals surface area contributed by atoms with Crippen LogP contribution in [0, 0.1) is 0 Å². The van der Waals surface area contributed by atoms with Gasteiger partial charge in [-0.1, -0.05) is 50.2 Å². The van der Waals surface area contributed by atoms with E-state index in [2.05, 4.69) is 5.73 Å². The number of primary amides is 1. The Morgan fingerprint density at radius 2 is 1.74 bits per heavy atom. The number of nitrogens with two attached hydrogens (primary N) is 1. The summed E-state index contributed by atoms with van der Waals surface area (Å²) in [4.78, 5) is 18.9. The monoisotopic (exact) mass is 319 g/mol. The lowest BCUT2D eigenvalue weighted by atomic mass is 10.1. The van der Waals surface area contributed by atoms with Gasteiger partial charge >= 0.3 is 5.97 Å². The van der Waals surface area contributed by atoms with E-state index in [0.717, 1.165) is 22.9 Å². The summed E-state index contributed by atoms with van der Waals surface area (Å²) >= 11 is 0. The fraction of sp³-hybridized carbons (Fsp3) is 0.333. The highest BCUT2D eigenvalue weighted by atomic mass is 16.5. The van der Waals surface area contributed by atoms with E-state index in [4.69, 9.17) is 14.6 Å². The average Bonchev–Trinajstić information content (AvgIpc) is 2.57. The number of benzene rings is 2. The van der Waals surface area contributed by atoms with Gasteiger partial charge in [0, 0.05) is 11.8 Å². The zero-order valence-electron chi connectivity index (χ0n) is 13.7. The fourth-order valence-corrected chi connectivity index (χ4v) is 1.88. The van der Waals surface area contributed by atoms with Gasteiger partial charge in [0.25, 0.3) is 0 Å². The van der Waals surface area contributed by atoms with Crippen LogP contribution in [-0.2, 0) is 9.59 Å². The molecule has 0 aliphatic carbocycles. The predicted octanol–water partition coefficient (Wildman–Crippen LogP) is 3.60. The highest BCUT2D eigenvalue weighted by molar-refractivity contribution is 5.88. The molecule has 5 heteroatoms. The first kappa shape index (κ1) is 20.4. The smallest absolute Gasteiger partial charge is 0.303 e. The van der Waals surface area contributed by atoms with Gasteiger partial charge in [-0.15, -0.1) is 0 Å². The van der Waals surface area contributed by atoms with E-state index in [1.165, 1.54) is 0 Å². The van der Waals surface area contributed by atoms with Crippen molar-refractivity contribution in [1.82, 2.24) is 0 Å². The normalized spacial score (nSPS) is 8.96. The summed E-state index contributed by atoms with van der Waals surface area (Å²) in [5.74, 6) is 0.114. The zero-order chi connectivity index (χ0) is 17.5. The third kappa shape index (κ3) is 8.46. The van der Waals surface area contributed by atoms with Crippen LogP contribution in [0.2, 0.25) is 0 Å². The number of hydrogen-bond donors (Lipinski definition) is 2. The molecular formula is C18H25NO4. The first-order valence-electron chi connectivity index (χ1n) is 7.66. The lowest BCUT2D eigenvalue weighted by molar-refractivity contribution is -0.137. The van der Waals surface area contributed by atoms with Gasteiger partial charge < -0.3 is 15.6 Å². The molecule has 0 aliphatic heterocycles. The van der Waals surface area contributed by atoms with Crippen LogP contribution in [0.5, 0.6) is 5.75 Å². The largest absolute Gasteiger partial charge is 0.493 e. The van der Waals surface area contributed by atoms with Gasteiger partial charge in [0.2, 0.25) is 6.41 Å². The van der Waals surface area contributed by atoms with Crippen LogP contribution >= 0.6 is 0 Å². The third-order valence-electron chi connectivity index (χ3n) is 2.79. The summed E-state index contributed by atoms with van der Waals surface area (Å²) in [5.41, 5.74) is 4.17. The van der Waals surface area contributed by atoms with Crippen molar-refractivity contribution in [3.63, 3.8) is 0 Å². The molecule has 3 N–H and O–H groups in total. The van der Waals surface area contributed by atoms with Gasteiger partial charge in [-0.3, -0.25) is 9.59 Å². The van der Waals surface area contributed by atoms with Crippen LogP contribution < -0.4 is 10.5 Å². The van der Waals surface area contributed by atoms with Crippen LogP contribution in [0.4, 0.5) is 0 Å². The number of aliphatic carboxylic acids is 1. The topological polar surface area (TPSA) is 89.6 Å². The number of unbranched alkanes of at least 4 members (excludes halogenated alkanes) is 1. The highest BCUT2D eigenvalue weighted by Crippen LogP contribution is 2.25. The number of carbonyl (C=O) groups excluding carboxylic acids is 1. The molecule has 0 fully saturated rings. The molecule has 0 heterocycles. The number of carboxylic acid groups (broad SMARTS) is 1. The van der Waals surface area contributed by atoms with Crippen molar-refractivity contribution in [2.24, 2.45) is 5.73 Å². The van der Waals surface area contributed by atoms with Crippen LogP contribution in [0.25, 0.3) is 10.8 Å². The summed E-state index contributed by atoms with van der Waals surface area (Å²) in [6.45, 7) is 4.56. The fourth-order valence-electron chi connectivity index (χ4n) is 1.88. The molecule has 2 rings (SSSR count). The van der Waals surface area contributed by atoms with Gasteiger partial charge in [-0.05, 0) is 24.3 Å². The molecule has 2 aromatic rings. The number of fused-ring (bicyclic) bond motifs is 1. The molecule has 2 aromatic carbocycles. The second-order valence-electron chi connectivity index (χ2n) is 4.31. The Morgan fingerprint density at radius 3 is 2.39 bits per heavy atom. The Labute approximate surface area is 137 Å². The minimum atomic E-state index is -0.750. The zero-order valence-corrected chi connectivity index (χ0v) is 13.7. The van der Waals surface area contributed by atoms with E-state index in [1.54, 1.807) is 0 Å². The molecule has 5 nitrogen and oxygen atoms in total. The van der Waals surface area contributed by atoms with E-state index >= 15 is 0 Å². The van der Waals surface area contributed by atoms with Crippen LogP contribution in [0.3, 0.4) is 0 Å². The molecule has 0 spiro atoms. The Balaban J connectivity index is 0.000000868. The molecule has 0 atom stereocenters. The summed E-state index contributed by atoms with van der Waals surface area (Å²) in [7, 11) is 0. The Morgan fingerprint density at radius 1 is 1.13 bits per heavy atom. The minimum absolute atomic E-state index is 0.207. The van der Waals surface area contributed by atoms with Gasteiger partial charge in [0.15, 0.2) is 0 Å². The SMILES string of the molecule is CC.NC=O.O=C(O)CCCCOc1cccc2ccccc12. The highest BCUT2D eigenvalue weighted by Gasteiger charge is 2.01. The molecule has 0 bridgehead atoms. The first-order chi connectivity index (χ1) is 11.2. The van der Waals surface area contributed by atoms with Crippen molar-refractivity contribution in [3.8, 4) is 5.75 Å². The quantitative estimate of drug-likeness (QED) is 0.629. The Hall–Kier alpha value is -2.56. The van der Waals surface area contributed by atoms with E-state index in [-0.39, 0.29) is 12.8 Å². The lowest BCUT2D eigenvalue weighted by Gasteiger charge is -2.08. The molecular weight excluding hydrogens is 294 g/mol. The number of hydrogen-bond acceptors (Lipinski definition) is 3. The van der Waals surface area contributed by atoms with E-state index < -0.39 is 5.97 Å². The first-order valence-corrected chi connectivity index (χ1v) is 7.66. The molecule has 1 amide bonds. The summed E-state index contributed by atoms with van der Waals surface area (Å²) in [5, 5.41) is 10.8. The Kier molecular flexibility index (Phi) is 11.7. The molecule has 0 saturated carbocycles. The van der Waals surface area contributed by atoms with Crippen molar-refractivity contribution in [1.29, 1.82) is 0 Å². The average molecular weight is 319 g/mol. The maximum atomic E-state index is 10.4. The molecule has 23 heavy (non-hydrogen) atoms. The van der Waals surface area contributed by atoms with Gasteiger partial charge in [-0.2, -0.15) is 0 Å². The van der Waals surface area contributed by atoms with E-state index in [9.17, 15) is 4.79 Å². The van der Waals surface area contributed by atoms with Crippen molar-refractivity contribution in [2.45, 2.75) is 33.1 Å². The van der Waals surface area contributed by atoms with E-state index in [0.29, 0.717) is 13.0 Å². The number of amides is 1. The van der Waals surface area contributed by atoms with Crippen molar-refractivity contribution >= 4 is 23.2 Å². The maximum Gasteiger partial charge on any atom is 0.303 e. The second kappa shape index (κ2) is 13.1. The molecule has 0 radical (unpaired) electrons. The molecule has 126 valence electrons. The predicted molar refractivity (Wildman–Crippen MR) is 92.5 cm³/mol. The third-order valence-corrected chi connectivity index (χ3v) is 2.79. The second-order valence-corrected chi connectivity index (χ2v) is 4.31. The standard InChI is InChI=1S/C15H16O3.C2H6.CH3NO/c16-15(17)10-3-4-11-18-14-9-5-7-12-6-1-2-8-13(12)14;1-2;2-1-3/h1-2,5-9H,3-4,10-11H2,(H,16,17);1-2H3;1H,(H2,2,3). The van der Waals surface area contributed by atoms with Crippen molar-refractivity contribution < 1.29 is 19.4 Å². The van der Waals surface area contributed by atoms with E-state index in [1.807, 2.05) is 56.3 Å². The van der Waals surface area contributed by atoms with Gasteiger partial charge in [0.1, 0.15) is 5.75 Å². The van der Waals surface area contributed by atoms with Crippen molar-refractivity contribution in [3.05, 3.63) is 42.5 Å². The van der Waals surface area contributed by atoms with Crippen molar-refractivity contribution in [2.75, 3.05) is 6.61 Å². The van der Waals surface area contributed by atoms with Crippen LogP contribution in [0.1, 0.15) is 33.1 Å². The summed E-state index contributed by atoms with van der Waals surface area (Å²) < 4.78 is 5.71. The number of carbonyl (C=O) groups is 2. The van der Waals surface area contributed by atoms with Gasteiger partial charge in [0.05, 0.1) is 6.61 Å². The van der Waals surface area contributed by atoms with Gasteiger partial charge in [-0.25, -0.2) is 0 Å². The minimum Gasteiger partial charge on any atom is -0.493 e. The van der Waals surface area contributed by atoms with Crippen LogP contribution in [0.15, 0.2) is 42.5 Å². The summed E-state index contributed by atoms with van der Waals surface area (Å²) in [6, 6.07) is 14.0. The summed E-state index contributed by atoms with van der Waals surface area (Å²) in [6.07, 6.45) is 1.87. The molecule has 0 saturated heterocycles. The number of carboxylic acids is 1. The maximum absolute atomic E-state index is 10.4. The lowest BCUT2D eigenvalue weighted by Crippen LogP contribution is -2.00. The molecule has 0 aromatic heterocycles.